The maximum Gasteiger partial charge on any atom is 0.300 e. The molecule has 0 fully saturated rings. The van der Waals surface area contributed by atoms with Crippen LogP contribution in [0.3, 0.4) is 0 Å². The number of aliphatic hydroxyl groups is 1. The van der Waals surface area contributed by atoms with Gasteiger partial charge in [-0.05, 0) is 23.3 Å². The Morgan fingerprint density at radius 2 is 1.23 bits per heavy atom. The summed E-state index contributed by atoms with van der Waals surface area (Å²) in [6, 6.07) is 7.87. The number of hydrogen-bond acceptors (Lipinski definition) is 14. The average Bonchev–Trinajstić information content (AvgIpc) is 4.06. The summed E-state index contributed by atoms with van der Waals surface area (Å²) in [5, 5.41) is 41.8. The van der Waals surface area contributed by atoms with E-state index in [1.807, 2.05) is 78.1 Å². The molecule has 10 aromatic rings. The SMILES string of the molecule is CC(=O)O.Cn1cc(-c2cnc3nnn(Cc4ccc5ncc(CO)n5c4)c3n2)cn1.Cn1cc(-c2cnc3nnn(Cc4ccc5nccn5c4)c3n2)cn1. The Morgan fingerprint density at radius 3 is 1.77 bits per heavy atom. The van der Waals surface area contributed by atoms with Crippen molar-refractivity contribution < 1.29 is 15.0 Å². The number of aliphatic carboxylic acids is 1. The van der Waals surface area contributed by atoms with E-state index in [2.05, 4.69) is 60.7 Å². The number of pyridine rings is 2. The minimum atomic E-state index is -0.833. The van der Waals surface area contributed by atoms with Gasteiger partial charge in [0.2, 0.25) is 11.3 Å². The van der Waals surface area contributed by atoms with E-state index in [1.165, 1.54) is 0 Å². The van der Waals surface area contributed by atoms with Crippen LogP contribution in [0.5, 0.6) is 0 Å². The van der Waals surface area contributed by atoms with Gasteiger partial charge in [0.25, 0.3) is 5.97 Å². The predicted octanol–water partition coefficient (Wildman–Crippen LogP) is 2.22. The Balaban J connectivity index is 0.000000144. The van der Waals surface area contributed by atoms with Crippen molar-refractivity contribution in [1.29, 1.82) is 0 Å². The summed E-state index contributed by atoms with van der Waals surface area (Å²) in [4.78, 5) is 35.6. The van der Waals surface area contributed by atoms with Gasteiger partial charge in [0, 0.05) is 69.3 Å². The third-order valence-corrected chi connectivity index (χ3v) is 8.38. The minimum absolute atomic E-state index is 0.0726. The number of aliphatic hydroxyl groups excluding tert-OH is 1. The Morgan fingerprint density at radius 1 is 0.679 bits per heavy atom. The first-order chi connectivity index (χ1) is 27.2. The highest BCUT2D eigenvalue weighted by molar-refractivity contribution is 5.70. The van der Waals surface area contributed by atoms with Crippen molar-refractivity contribution in [2.75, 3.05) is 0 Å². The minimum Gasteiger partial charge on any atom is -0.481 e. The molecule has 0 amide bonds. The fraction of sp³-hybridized carbons (Fsp3) is 0.171. The van der Waals surface area contributed by atoms with E-state index in [4.69, 9.17) is 9.90 Å². The molecule has 0 aliphatic carbocycles. The molecular weight excluding hydrogens is 721 g/mol. The number of fused-ring (bicyclic) bond motifs is 4. The summed E-state index contributed by atoms with van der Waals surface area (Å²) < 4.78 is 10.7. The molecule has 21 nitrogen and oxygen atoms in total. The van der Waals surface area contributed by atoms with Crippen LogP contribution >= 0.6 is 0 Å². The number of rotatable bonds is 7. The molecule has 0 aliphatic rings. The zero-order valence-corrected chi connectivity index (χ0v) is 30.1. The fourth-order valence-electron chi connectivity index (χ4n) is 5.80. The second-order valence-corrected chi connectivity index (χ2v) is 12.5. The highest BCUT2D eigenvalue weighted by Gasteiger charge is 2.14. The van der Waals surface area contributed by atoms with E-state index < -0.39 is 5.97 Å². The largest absolute Gasteiger partial charge is 0.481 e. The zero-order chi connectivity index (χ0) is 38.8. The molecule has 0 aromatic carbocycles. The molecule has 2 N–H and O–H groups in total. The summed E-state index contributed by atoms with van der Waals surface area (Å²) in [7, 11) is 3.72. The van der Waals surface area contributed by atoms with Crippen LogP contribution in [-0.4, -0.2) is 104 Å². The molecule has 10 heterocycles. The van der Waals surface area contributed by atoms with Crippen LogP contribution in [0.2, 0.25) is 0 Å². The number of nitrogens with zero attached hydrogens (tertiary/aromatic N) is 18. The number of aromatic nitrogens is 18. The number of carboxylic acid groups (broad SMARTS) is 1. The van der Waals surface area contributed by atoms with Gasteiger partial charge in [-0.2, -0.15) is 10.2 Å². The Labute approximate surface area is 315 Å². The van der Waals surface area contributed by atoms with Crippen molar-refractivity contribution in [2.24, 2.45) is 14.1 Å². The van der Waals surface area contributed by atoms with Gasteiger partial charge in [-0.3, -0.25) is 14.2 Å². The van der Waals surface area contributed by atoms with Gasteiger partial charge in [-0.1, -0.05) is 22.6 Å². The maximum atomic E-state index is 9.44. The lowest BCUT2D eigenvalue weighted by atomic mass is 10.2. The summed E-state index contributed by atoms with van der Waals surface area (Å²) in [6.45, 7) is 2.03. The van der Waals surface area contributed by atoms with Crippen molar-refractivity contribution >= 4 is 39.9 Å². The topological polar surface area (TPSA) is 241 Å². The zero-order valence-electron chi connectivity index (χ0n) is 30.1. The van der Waals surface area contributed by atoms with E-state index in [0.717, 1.165) is 51.9 Å². The van der Waals surface area contributed by atoms with Crippen molar-refractivity contribution in [2.45, 2.75) is 26.6 Å². The highest BCUT2D eigenvalue weighted by Crippen LogP contribution is 2.20. The molecule has 56 heavy (non-hydrogen) atoms. The Kier molecular flexibility index (Phi) is 9.38. The van der Waals surface area contributed by atoms with Crippen LogP contribution in [0.4, 0.5) is 0 Å². The number of imidazole rings is 2. The molecule has 0 saturated heterocycles. The van der Waals surface area contributed by atoms with E-state index in [9.17, 15) is 5.11 Å². The van der Waals surface area contributed by atoms with Gasteiger partial charge < -0.3 is 19.0 Å². The lowest BCUT2D eigenvalue weighted by Crippen LogP contribution is -2.05. The quantitative estimate of drug-likeness (QED) is 0.237. The second kappa shape index (κ2) is 14.9. The second-order valence-electron chi connectivity index (χ2n) is 12.5. The van der Waals surface area contributed by atoms with Crippen molar-refractivity contribution in [3.8, 4) is 22.5 Å². The van der Waals surface area contributed by atoms with Gasteiger partial charge in [-0.25, -0.2) is 39.3 Å². The number of carboxylic acids is 1. The normalized spacial score (nSPS) is 11.2. The molecular formula is C35H32N18O3. The third kappa shape index (κ3) is 7.36. The van der Waals surface area contributed by atoms with Gasteiger partial charge in [0.1, 0.15) is 11.3 Å². The smallest absolute Gasteiger partial charge is 0.300 e. The van der Waals surface area contributed by atoms with E-state index in [-0.39, 0.29) is 6.61 Å². The fourth-order valence-corrected chi connectivity index (χ4v) is 5.80. The third-order valence-electron chi connectivity index (χ3n) is 8.38. The summed E-state index contributed by atoms with van der Waals surface area (Å²) in [5.41, 5.74) is 9.99. The lowest BCUT2D eigenvalue weighted by molar-refractivity contribution is -0.134. The summed E-state index contributed by atoms with van der Waals surface area (Å²) >= 11 is 0. The average molecular weight is 753 g/mol. The van der Waals surface area contributed by atoms with E-state index >= 15 is 0 Å². The van der Waals surface area contributed by atoms with Crippen LogP contribution in [0.25, 0.3) is 56.4 Å². The van der Waals surface area contributed by atoms with E-state index in [1.54, 1.807) is 55.9 Å². The van der Waals surface area contributed by atoms with Crippen LogP contribution in [-0.2, 0) is 38.6 Å². The summed E-state index contributed by atoms with van der Waals surface area (Å²) in [5.74, 6) is -0.833. The van der Waals surface area contributed by atoms with Gasteiger partial charge in [0.15, 0.2) is 11.3 Å². The first-order valence-electron chi connectivity index (χ1n) is 17.0. The molecule has 0 spiro atoms. The molecule has 10 aromatic heterocycles. The van der Waals surface area contributed by atoms with Gasteiger partial charge in [-0.15, -0.1) is 10.2 Å². The molecule has 0 unspecified atom stereocenters. The van der Waals surface area contributed by atoms with E-state index in [0.29, 0.717) is 41.4 Å². The van der Waals surface area contributed by atoms with Crippen LogP contribution in [0.15, 0.2) is 92.4 Å². The molecule has 0 bridgehead atoms. The monoisotopic (exact) mass is 752 g/mol. The van der Waals surface area contributed by atoms with Gasteiger partial charge in [0.05, 0.1) is 67.8 Å². The van der Waals surface area contributed by atoms with Crippen molar-refractivity contribution in [3.05, 3.63) is 109 Å². The Bertz CT molecular complexity index is 2960. The number of aryl methyl sites for hydroxylation is 2. The maximum absolute atomic E-state index is 9.44. The predicted molar refractivity (Wildman–Crippen MR) is 198 cm³/mol. The Hall–Kier alpha value is -7.81. The molecule has 0 aliphatic heterocycles. The highest BCUT2D eigenvalue weighted by atomic mass is 16.4. The molecule has 10 rings (SSSR count). The molecule has 0 saturated carbocycles. The molecule has 0 radical (unpaired) electrons. The van der Waals surface area contributed by atoms with Gasteiger partial charge >= 0.3 is 0 Å². The van der Waals surface area contributed by atoms with Crippen LogP contribution in [0.1, 0.15) is 23.7 Å². The number of carbonyl (C=O) groups is 1. The van der Waals surface area contributed by atoms with Crippen LogP contribution in [0, 0.1) is 0 Å². The first kappa shape index (κ1) is 35.2. The van der Waals surface area contributed by atoms with Crippen LogP contribution < -0.4 is 0 Å². The molecule has 21 heteroatoms. The first-order valence-corrected chi connectivity index (χ1v) is 17.0. The van der Waals surface area contributed by atoms with Crippen molar-refractivity contribution in [1.82, 2.24) is 88.3 Å². The summed E-state index contributed by atoms with van der Waals surface area (Å²) in [6.07, 6.45) is 20.0. The van der Waals surface area contributed by atoms with Crippen molar-refractivity contribution in [3.63, 3.8) is 0 Å². The standard InChI is InChI=1S/C17H15N9O.C16H13N9.C2H4O2/c1-24-9-12(4-20-24)14-6-19-16-17(21-14)26(23-22-16)8-11-2-3-15-18-5-13(10-27)25(15)7-11;1-23-10-12(6-19-23)13-7-18-15-16(20-13)25(22-21-15)9-11-2-3-14-17-4-5-24(14)8-11;1-2(3)4/h2-7,9,27H,8,10H2,1H3;2-8,10H,9H2,1H3;1H3,(H,3,4). The molecule has 0 atom stereocenters. The molecule has 280 valence electrons. The lowest BCUT2D eigenvalue weighted by Gasteiger charge is -2.05. The number of hydrogen-bond donors (Lipinski definition) is 2.